The Morgan fingerprint density at radius 3 is 2.56 bits per heavy atom. The molecule has 256 valence electrons. The van der Waals surface area contributed by atoms with E-state index in [1.807, 2.05) is 58.0 Å². The third-order valence-corrected chi connectivity index (χ3v) is 8.18. The summed E-state index contributed by atoms with van der Waals surface area (Å²) in [6.45, 7) is 21.5. The number of rotatable bonds is 14. The van der Waals surface area contributed by atoms with Crippen LogP contribution in [-0.2, 0) is 25.4 Å². The number of oxazole rings is 1. The number of anilines is 1. The lowest BCUT2D eigenvalue weighted by Crippen LogP contribution is -2.45. The van der Waals surface area contributed by atoms with E-state index in [4.69, 9.17) is 33.4 Å². The number of aryl methyl sites for hydroxylation is 1. The van der Waals surface area contributed by atoms with E-state index >= 15 is 0 Å². The van der Waals surface area contributed by atoms with Crippen molar-refractivity contribution in [1.82, 2.24) is 19.6 Å². The quantitative estimate of drug-likeness (QED) is 0.106. The molecule has 11 heteroatoms. The van der Waals surface area contributed by atoms with Gasteiger partial charge in [0.25, 0.3) is 0 Å². The van der Waals surface area contributed by atoms with Gasteiger partial charge in [-0.1, -0.05) is 36.9 Å². The average Bonchev–Trinajstić information content (AvgIpc) is 3.69. The van der Waals surface area contributed by atoms with Gasteiger partial charge in [0.05, 0.1) is 36.2 Å². The van der Waals surface area contributed by atoms with Crippen molar-refractivity contribution >= 4 is 17.4 Å². The van der Waals surface area contributed by atoms with Crippen LogP contribution in [0.25, 0.3) is 17.2 Å². The number of aromatic nitrogens is 4. The van der Waals surface area contributed by atoms with Gasteiger partial charge in [-0.05, 0) is 60.5 Å². The zero-order valence-electron chi connectivity index (χ0n) is 29.0. The average molecular weight is 658 g/mol. The summed E-state index contributed by atoms with van der Waals surface area (Å²) in [5.74, 6) is 2.04. The molecule has 5 rings (SSSR count). The Labute approximate surface area is 282 Å². The second-order valence-electron chi connectivity index (χ2n) is 13.1. The summed E-state index contributed by atoms with van der Waals surface area (Å²) in [5.41, 5.74) is 2.40. The molecule has 1 aliphatic rings. The van der Waals surface area contributed by atoms with Crippen LogP contribution in [0.15, 0.2) is 66.3 Å². The first-order valence-electron chi connectivity index (χ1n) is 16.5. The van der Waals surface area contributed by atoms with Crippen molar-refractivity contribution in [2.24, 2.45) is 0 Å². The highest BCUT2D eigenvalue weighted by atomic mass is 16.6. The summed E-state index contributed by atoms with van der Waals surface area (Å²) in [6, 6.07) is 9.67. The number of esters is 1. The van der Waals surface area contributed by atoms with E-state index in [2.05, 4.69) is 30.0 Å². The number of piperidine rings is 1. The topological polar surface area (TPSA) is 113 Å². The molecule has 0 aliphatic carbocycles. The highest BCUT2D eigenvalue weighted by Crippen LogP contribution is 2.39. The van der Waals surface area contributed by atoms with Crippen LogP contribution in [0.1, 0.15) is 76.1 Å². The maximum absolute atomic E-state index is 13.5. The number of hydrogen-bond acceptors (Lipinski definition) is 10. The number of carbonyl (C=O) groups is 1. The van der Waals surface area contributed by atoms with Crippen molar-refractivity contribution in [1.29, 1.82) is 0 Å². The van der Waals surface area contributed by atoms with Crippen molar-refractivity contribution < 1.29 is 28.2 Å². The number of hydrogen-bond donors (Lipinski definition) is 0. The molecule has 11 nitrogen and oxygen atoms in total. The van der Waals surface area contributed by atoms with Gasteiger partial charge in [0.1, 0.15) is 23.9 Å². The second kappa shape index (κ2) is 14.7. The van der Waals surface area contributed by atoms with Crippen LogP contribution in [-0.4, -0.2) is 69.7 Å². The highest BCUT2D eigenvalue weighted by molar-refractivity contribution is 5.80. The molecule has 0 saturated carbocycles. The fourth-order valence-corrected chi connectivity index (χ4v) is 5.86. The van der Waals surface area contributed by atoms with Crippen LogP contribution >= 0.6 is 0 Å². The van der Waals surface area contributed by atoms with Gasteiger partial charge in [-0.15, -0.1) is 6.58 Å². The van der Waals surface area contributed by atoms with E-state index in [1.165, 1.54) is 0 Å². The molecule has 1 aromatic carbocycles. The zero-order chi connectivity index (χ0) is 34.5. The normalized spacial score (nSPS) is 15.3. The van der Waals surface area contributed by atoms with E-state index in [1.54, 1.807) is 29.8 Å². The standard InChI is InChI=1S/C37H47N5O6/c1-9-20-45-29-15-13-12-14-26(29)22-27-24-38-33(47-27)28-23-30-39-25(4)31(32(35(43)44-11-3)48-36(5,6)7)34(42(30)40-28)41-18-16-37(8,17-19-41)46-21-10-2/h9-10,12-15,23-24,32H,1-2,11,16-22H2,3-8H3/t32-/m0/s1. The lowest BCUT2D eigenvalue weighted by Gasteiger charge is -2.41. The Bertz CT molecular complexity index is 1740. The Hall–Kier alpha value is -4.48. The number of ether oxygens (including phenoxy) is 4. The largest absolute Gasteiger partial charge is 0.489 e. The van der Waals surface area contributed by atoms with Gasteiger partial charge in [0, 0.05) is 36.8 Å². The molecule has 1 saturated heterocycles. The first kappa shape index (κ1) is 34.8. The third kappa shape index (κ3) is 7.96. The minimum atomic E-state index is -1.02. The minimum absolute atomic E-state index is 0.221. The monoisotopic (exact) mass is 657 g/mol. The molecule has 0 amide bonds. The highest BCUT2D eigenvalue weighted by Gasteiger charge is 2.38. The zero-order valence-corrected chi connectivity index (χ0v) is 29.0. The van der Waals surface area contributed by atoms with Crippen LogP contribution < -0.4 is 9.64 Å². The van der Waals surface area contributed by atoms with Gasteiger partial charge < -0.3 is 28.3 Å². The SMILES string of the molecule is C=CCOc1ccccc1Cc1cnc(-c2cc3nc(C)c([C@H](OC(C)(C)C)C(=O)OCC)c(N4CCC(C)(OCC=C)CC4)n3n2)o1. The lowest BCUT2D eigenvalue weighted by molar-refractivity contribution is -0.166. The van der Waals surface area contributed by atoms with Crippen LogP contribution in [0.3, 0.4) is 0 Å². The molecule has 0 radical (unpaired) electrons. The molecule has 48 heavy (non-hydrogen) atoms. The van der Waals surface area contributed by atoms with Crippen molar-refractivity contribution in [2.75, 3.05) is 37.8 Å². The molecule has 1 aliphatic heterocycles. The molecule has 4 aromatic rings. The summed E-state index contributed by atoms with van der Waals surface area (Å²) in [5, 5.41) is 4.98. The van der Waals surface area contributed by atoms with E-state index < -0.39 is 17.7 Å². The molecule has 1 atom stereocenters. The van der Waals surface area contributed by atoms with Crippen LogP contribution in [0.5, 0.6) is 5.75 Å². The summed E-state index contributed by atoms with van der Waals surface area (Å²) in [6.07, 6.45) is 6.19. The van der Waals surface area contributed by atoms with Gasteiger partial charge in [-0.2, -0.15) is 9.61 Å². The van der Waals surface area contributed by atoms with Crippen LogP contribution in [0.4, 0.5) is 5.82 Å². The van der Waals surface area contributed by atoms with Crippen LogP contribution in [0, 0.1) is 6.92 Å². The molecular formula is C37H47N5O6. The Morgan fingerprint density at radius 2 is 1.88 bits per heavy atom. The molecule has 3 aromatic heterocycles. The molecule has 1 fully saturated rings. The van der Waals surface area contributed by atoms with Crippen molar-refractivity contribution in [3.05, 3.63) is 84.4 Å². The first-order chi connectivity index (χ1) is 22.9. The van der Waals surface area contributed by atoms with Gasteiger partial charge in [-0.25, -0.2) is 14.8 Å². The Kier molecular flexibility index (Phi) is 10.7. The summed E-state index contributed by atoms with van der Waals surface area (Å²) in [4.78, 5) is 25.3. The van der Waals surface area contributed by atoms with Gasteiger partial charge >= 0.3 is 5.97 Å². The smallest absolute Gasteiger partial charge is 0.340 e. The summed E-state index contributed by atoms with van der Waals surface area (Å²) < 4.78 is 31.9. The van der Waals surface area contributed by atoms with E-state index in [0.717, 1.165) is 30.0 Å². The number of fused-ring (bicyclic) bond motifs is 1. The van der Waals surface area contributed by atoms with Gasteiger partial charge in [-0.3, -0.25) is 0 Å². The molecular weight excluding hydrogens is 610 g/mol. The lowest BCUT2D eigenvalue weighted by atomic mass is 9.92. The van der Waals surface area contributed by atoms with E-state index in [0.29, 0.717) is 67.0 Å². The fraction of sp³-hybridized carbons (Fsp3) is 0.459. The molecule has 0 unspecified atom stereocenters. The fourth-order valence-electron chi connectivity index (χ4n) is 5.86. The van der Waals surface area contributed by atoms with Crippen molar-refractivity contribution in [2.45, 2.75) is 78.1 Å². The number of para-hydroxylation sites is 1. The summed E-state index contributed by atoms with van der Waals surface area (Å²) >= 11 is 0. The number of nitrogens with zero attached hydrogens (tertiary/aromatic N) is 5. The predicted octanol–water partition coefficient (Wildman–Crippen LogP) is 6.83. The summed E-state index contributed by atoms with van der Waals surface area (Å²) in [7, 11) is 0. The van der Waals surface area contributed by atoms with Gasteiger partial charge in [0.2, 0.25) is 5.89 Å². The maximum Gasteiger partial charge on any atom is 0.340 e. The second-order valence-corrected chi connectivity index (χ2v) is 13.1. The third-order valence-electron chi connectivity index (χ3n) is 8.18. The molecule has 0 bridgehead atoms. The molecule has 4 heterocycles. The predicted molar refractivity (Wildman–Crippen MR) is 184 cm³/mol. The maximum atomic E-state index is 13.5. The minimum Gasteiger partial charge on any atom is -0.489 e. The van der Waals surface area contributed by atoms with Crippen molar-refractivity contribution in [3.8, 4) is 17.3 Å². The van der Waals surface area contributed by atoms with Crippen molar-refractivity contribution in [3.63, 3.8) is 0 Å². The van der Waals surface area contributed by atoms with Crippen LogP contribution in [0.2, 0.25) is 0 Å². The molecule has 0 spiro atoms. The molecule has 0 N–H and O–H groups in total. The Balaban J connectivity index is 1.57. The first-order valence-corrected chi connectivity index (χ1v) is 16.5. The Morgan fingerprint density at radius 1 is 1.15 bits per heavy atom. The number of carbonyl (C=O) groups excluding carboxylic acids is 1. The van der Waals surface area contributed by atoms with E-state index in [-0.39, 0.29) is 12.2 Å². The van der Waals surface area contributed by atoms with Gasteiger partial charge in [0.15, 0.2) is 17.4 Å². The number of benzene rings is 1. The van der Waals surface area contributed by atoms with E-state index in [9.17, 15) is 4.79 Å².